The molecule has 0 aliphatic carbocycles. The van der Waals surface area contributed by atoms with Crippen LogP contribution in [0, 0.1) is 0 Å². The Kier molecular flexibility index (Phi) is 8.15. The van der Waals surface area contributed by atoms with E-state index in [1.54, 1.807) is 24.4 Å². The van der Waals surface area contributed by atoms with E-state index < -0.39 is 11.8 Å². The molecule has 0 saturated heterocycles. The standard InChI is InChI=1S/C23H25ClN4O5/c1-4-31-19-13-15(14-20(32-5-2)21(19)33-6-3)22(29)25-26-23(30)17-11-12-28(27-17)18-10-8-7-9-16(18)24/h7-14H,4-6H2,1-3H3,(H,25,29)(H,26,30). The minimum atomic E-state index is -0.588. The first kappa shape index (κ1) is 23.9. The lowest BCUT2D eigenvalue weighted by Crippen LogP contribution is -2.41. The largest absolute Gasteiger partial charge is 0.490 e. The quantitative estimate of drug-likeness (QED) is 0.459. The van der Waals surface area contributed by atoms with Gasteiger partial charge in [0.25, 0.3) is 11.8 Å². The van der Waals surface area contributed by atoms with E-state index in [1.807, 2.05) is 26.8 Å². The lowest BCUT2D eigenvalue weighted by atomic mass is 10.1. The van der Waals surface area contributed by atoms with E-state index in [1.165, 1.54) is 22.9 Å². The highest BCUT2D eigenvalue weighted by molar-refractivity contribution is 6.32. The normalized spacial score (nSPS) is 10.4. The topological polar surface area (TPSA) is 104 Å². The highest BCUT2D eigenvalue weighted by Gasteiger charge is 2.19. The van der Waals surface area contributed by atoms with Gasteiger partial charge in [0.1, 0.15) is 0 Å². The van der Waals surface area contributed by atoms with Crippen LogP contribution in [0.3, 0.4) is 0 Å². The predicted octanol–water partition coefficient (Wildman–Crippen LogP) is 3.80. The Morgan fingerprint density at radius 2 is 1.52 bits per heavy atom. The number of amides is 2. The number of halogens is 1. The Morgan fingerprint density at radius 3 is 2.12 bits per heavy atom. The molecule has 0 spiro atoms. The molecule has 0 aliphatic rings. The van der Waals surface area contributed by atoms with Crippen LogP contribution in [0.25, 0.3) is 5.69 Å². The number of hydrogen-bond donors (Lipinski definition) is 2. The van der Waals surface area contributed by atoms with E-state index in [4.69, 9.17) is 25.8 Å². The molecule has 0 bridgehead atoms. The van der Waals surface area contributed by atoms with Gasteiger partial charge in [-0.25, -0.2) is 4.68 Å². The summed E-state index contributed by atoms with van der Waals surface area (Å²) in [6, 6.07) is 11.7. The van der Waals surface area contributed by atoms with E-state index >= 15 is 0 Å². The smallest absolute Gasteiger partial charge is 0.290 e. The van der Waals surface area contributed by atoms with E-state index in [0.29, 0.717) is 47.8 Å². The van der Waals surface area contributed by atoms with Crippen molar-refractivity contribution < 1.29 is 23.8 Å². The van der Waals surface area contributed by atoms with Crippen LogP contribution in [0.4, 0.5) is 0 Å². The van der Waals surface area contributed by atoms with Crippen molar-refractivity contribution >= 4 is 23.4 Å². The van der Waals surface area contributed by atoms with Crippen molar-refractivity contribution in [2.24, 2.45) is 0 Å². The molecule has 9 nitrogen and oxygen atoms in total. The zero-order chi connectivity index (χ0) is 23.8. The lowest BCUT2D eigenvalue weighted by Gasteiger charge is -2.17. The van der Waals surface area contributed by atoms with Gasteiger partial charge in [-0.2, -0.15) is 5.10 Å². The molecule has 2 N–H and O–H groups in total. The number of aromatic nitrogens is 2. The molecule has 0 aliphatic heterocycles. The Labute approximate surface area is 196 Å². The number of rotatable bonds is 9. The lowest BCUT2D eigenvalue weighted by molar-refractivity contribution is 0.0843. The number of nitrogens with zero attached hydrogens (tertiary/aromatic N) is 2. The van der Waals surface area contributed by atoms with Crippen LogP contribution in [0.15, 0.2) is 48.7 Å². The van der Waals surface area contributed by atoms with Gasteiger partial charge < -0.3 is 14.2 Å². The molecule has 174 valence electrons. The van der Waals surface area contributed by atoms with Gasteiger partial charge in [-0.15, -0.1) is 0 Å². The van der Waals surface area contributed by atoms with Crippen LogP contribution < -0.4 is 25.1 Å². The van der Waals surface area contributed by atoms with Gasteiger partial charge in [-0.1, -0.05) is 23.7 Å². The van der Waals surface area contributed by atoms with Gasteiger partial charge in [0.05, 0.1) is 30.5 Å². The number of carbonyl (C=O) groups is 2. The van der Waals surface area contributed by atoms with Crippen molar-refractivity contribution in [3.8, 4) is 22.9 Å². The number of carbonyl (C=O) groups excluding carboxylic acids is 2. The van der Waals surface area contributed by atoms with Crippen molar-refractivity contribution in [2.75, 3.05) is 19.8 Å². The molecule has 3 aromatic rings. The Hall–Kier alpha value is -3.72. The van der Waals surface area contributed by atoms with Gasteiger partial charge in [-0.05, 0) is 51.1 Å². The summed E-state index contributed by atoms with van der Waals surface area (Å²) in [5, 5.41) is 4.71. The summed E-state index contributed by atoms with van der Waals surface area (Å²) in [5.41, 5.74) is 5.70. The number of para-hydroxylation sites is 1. The summed E-state index contributed by atoms with van der Waals surface area (Å²) in [6.07, 6.45) is 1.60. The molecule has 1 heterocycles. The number of hydrogen-bond acceptors (Lipinski definition) is 6. The molecule has 1 aromatic heterocycles. The summed E-state index contributed by atoms with van der Waals surface area (Å²) < 4.78 is 18.4. The van der Waals surface area contributed by atoms with Crippen molar-refractivity contribution in [3.05, 3.63) is 64.9 Å². The number of hydrazine groups is 1. The molecule has 2 amide bonds. The maximum Gasteiger partial charge on any atom is 0.290 e. The van der Waals surface area contributed by atoms with Crippen LogP contribution in [0.5, 0.6) is 17.2 Å². The molecule has 0 unspecified atom stereocenters. The first-order valence-electron chi connectivity index (χ1n) is 10.5. The van der Waals surface area contributed by atoms with Gasteiger partial charge in [0.15, 0.2) is 17.2 Å². The third kappa shape index (κ3) is 5.75. The van der Waals surface area contributed by atoms with E-state index in [0.717, 1.165) is 0 Å². The fraction of sp³-hybridized carbons (Fsp3) is 0.261. The van der Waals surface area contributed by atoms with Crippen LogP contribution in [-0.2, 0) is 0 Å². The minimum Gasteiger partial charge on any atom is -0.490 e. The van der Waals surface area contributed by atoms with Crippen molar-refractivity contribution in [2.45, 2.75) is 20.8 Å². The molecule has 2 aromatic carbocycles. The van der Waals surface area contributed by atoms with E-state index in [-0.39, 0.29) is 11.3 Å². The highest BCUT2D eigenvalue weighted by atomic mass is 35.5. The number of nitrogens with one attached hydrogen (secondary N) is 2. The SMILES string of the molecule is CCOc1cc(C(=O)NNC(=O)c2ccn(-c3ccccc3Cl)n2)cc(OCC)c1OCC. The second-order valence-electron chi connectivity index (χ2n) is 6.61. The molecule has 3 rings (SSSR count). The zero-order valence-electron chi connectivity index (χ0n) is 18.6. The van der Waals surface area contributed by atoms with Crippen LogP contribution in [-0.4, -0.2) is 41.4 Å². The van der Waals surface area contributed by atoms with Gasteiger partial charge in [0.2, 0.25) is 5.75 Å². The molecule has 0 saturated carbocycles. The summed E-state index contributed by atoms with van der Waals surface area (Å²) in [5.74, 6) is 0.0291. The molecule has 33 heavy (non-hydrogen) atoms. The predicted molar refractivity (Wildman–Crippen MR) is 123 cm³/mol. The van der Waals surface area contributed by atoms with Crippen LogP contribution in [0.1, 0.15) is 41.6 Å². The summed E-state index contributed by atoms with van der Waals surface area (Å²) in [6.45, 7) is 6.65. The molecule has 0 radical (unpaired) electrons. The van der Waals surface area contributed by atoms with Gasteiger partial charge in [-0.3, -0.25) is 20.4 Å². The molecule has 0 fully saturated rings. The van der Waals surface area contributed by atoms with Crippen LogP contribution >= 0.6 is 11.6 Å². The maximum atomic E-state index is 12.7. The van der Waals surface area contributed by atoms with Gasteiger partial charge in [0, 0.05) is 11.8 Å². The molecule has 10 heteroatoms. The molecule has 0 atom stereocenters. The Morgan fingerprint density at radius 1 is 0.909 bits per heavy atom. The highest BCUT2D eigenvalue weighted by Crippen LogP contribution is 2.39. The zero-order valence-corrected chi connectivity index (χ0v) is 19.3. The first-order chi connectivity index (χ1) is 16.0. The average molecular weight is 473 g/mol. The summed E-state index contributed by atoms with van der Waals surface area (Å²) in [7, 11) is 0. The Bertz CT molecular complexity index is 1100. The minimum absolute atomic E-state index is 0.104. The van der Waals surface area contributed by atoms with Crippen molar-refractivity contribution in [3.63, 3.8) is 0 Å². The van der Waals surface area contributed by atoms with Gasteiger partial charge >= 0.3 is 0 Å². The van der Waals surface area contributed by atoms with Crippen molar-refractivity contribution in [1.29, 1.82) is 0 Å². The first-order valence-corrected chi connectivity index (χ1v) is 10.8. The van der Waals surface area contributed by atoms with Crippen molar-refractivity contribution in [1.82, 2.24) is 20.6 Å². The second-order valence-corrected chi connectivity index (χ2v) is 7.01. The van der Waals surface area contributed by atoms with Crippen LogP contribution in [0.2, 0.25) is 5.02 Å². The molecular formula is C23H25ClN4O5. The monoisotopic (exact) mass is 472 g/mol. The fourth-order valence-corrected chi connectivity index (χ4v) is 3.21. The summed E-state index contributed by atoms with van der Waals surface area (Å²) in [4.78, 5) is 25.2. The fourth-order valence-electron chi connectivity index (χ4n) is 2.99. The average Bonchev–Trinajstić information content (AvgIpc) is 3.30. The number of benzene rings is 2. The third-order valence-electron chi connectivity index (χ3n) is 4.38. The van der Waals surface area contributed by atoms with E-state index in [2.05, 4.69) is 16.0 Å². The maximum absolute atomic E-state index is 12.7. The third-order valence-corrected chi connectivity index (χ3v) is 4.70. The second kappa shape index (κ2) is 11.2. The Balaban J connectivity index is 1.74. The molecular weight excluding hydrogens is 448 g/mol. The summed E-state index contributed by atoms with van der Waals surface area (Å²) >= 11 is 6.17. The number of ether oxygens (including phenoxy) is 3. The van der Waals surface area contributed by atoms with E-state index in [9.17, 15) is 9.59 Å².